The molecule has 0 N–H and O–H groups in total. The van der Waals surface area contributed by atoms with E-state index in [1.165, 1.54) is 9.46 Å². The predicted molar refractivity (Wildman–Crippen MR) is 93.4 cm³/mol. The average Bonchev–Trinajstić information content (AvgIpc) is 2.65. The topological polar surface area (TPSA) is 60.4 Å². The lowest BCUT2D eigenvalue weighted by Crippen LogP contribution is -2.44. The SMILES string of the molecule is O=C(CCCCCCCCC(=O)O[n+]1ccccc1)O[n+]1ccccc1. The van der Waals surface area contributed by atoms with E-state index in [0.29, 0.717) is 12.8 Å². The maximum atomic E-state index is 11.7. The van der Waals surface area contributed by atoms with Crippen molar-refractivity contribution >= 4 is 11.9 Å². The van der Waals surface area contributed by atoms with E-state index >= 15 is 0 Å². The Kier molecular flexibility index (Phi) is 8.83. The molecule has 0 saturated carbocycles. The summed E-state index contributed by atoms with van der Waals surface area (Å²) in [5.41, 5.74) is 0. The molecule has 0 fully saturated rings. The van der Waals surface area contributed by atoms with Gasteiger partial charge < -0.3 is 0 Å². The van der Waals surface area contributed by atoms with Gasteiger partial charge in [0.05, 0.1) is 12.8 Å². The van der Waals surface area contributed by atoms with Crippen molar-refractivity contribution in [1.82, 2.24) is 0 Å². The Balaban J connectivity index is 1.43. The monoisotopic (exact) mass is 358 g/mol. The first kappa shape index (κ1) is 19.6. The van der Waals surface area contributed by atoms with Crippen LogP contribution in [0.1, 0.15) is 51.4 Å². The van der Waals surface area contributed by atoms with Crippen LogP contribution in [-0.4, -0.2) is 11.9 Å². The van der Waals surface area contributed by atoms with Gasteiger partial charge in [-0.05, 0) is 12.8 Å². The molecule has 0 atom stereocenters. The molecule has 6 nitrogen and oxygen atoms in total. The van der Waals surface area contributed by atoms with Gasteiger partial charge in [0.15, 0.2) is 0 Å². The lowest BCUT2D eigenvalue weighted by molar-refractivity contribution is -0.869. The second-order valence-corrected chi connectivity index (χ2v) is 6.02. The fraction of sp³-hybridized carbons (Fsp3) is 0.400. The molecule has 0 aliphatic heterocycles. The number of nitrogens with zero attached hydrogens (tertiary/aromatic N) is 2. The molecule has 0 saturated heterocycles. The lowest BCUT2D eigenvalue weighted by atomic mass is 10.1. The van der Waals surface area contributed by atoms with Crippen LogP contribution < -0.4 is 19.1 Å². The Morgan fingerprint density at radius 1 is 0.538 bits per heavy atom. The third-order valence-corrected chi connectivity index (χ3v) is 3.80. The maximum Gasteiger partial charge on any atom is 0.380 e. The minimum Gasteiger partial charge on any atom is -0.245 e. The van der Waals surface area contributed by atoms with Gasteiger partial charge in [0.25, 0.3) is 0 Å². The van der Waals surface area contributed by atoms with Crippen molar-refractivity contribution < 1.29 is 28.7 Å². The summed E-state index contributed by atoms with van der Waals surface area (Å²) in [6.07, 6.45) is 13.3. The molecule has 2 rings (SSSR count). The van der Waals surface area contributed by atoms with Gasteiger partial charge in [-0.25, -0.2) is 9.59 Å². The van der Waals surface area contributed by atoms with Crippen molar-refractivity contribution in [3.63, 3.8) is 0 Å². The van der Waals surface area contributed by atoms with Crippen LogP contribution in [0.3, 0.4) is 0 Å². The smallest absolute Gasteiger partial charge is 0.245 e. The molecule has 2 aromatic heterocycles. The van der Waals surface area contributed by atoms with Crippen LogP contribution in [0.5, 0.6) is 0 Å². The highest BCUT2D eigenvalue weighted by molar-refractivity contribution is 5.69. The zero-order valence-electron chi connectivity index (χ0n) is 15.0. The van der Waals surface area contributed by atoms with Gasteiger partial charge in [-0.2, -0.15) is 9.68 Å². The number of carbonyl (C=O) groups excluding carboxylic acids is 2. The molecule has 138 valence electrons. The molecular weight excluding hydrogens is 332 g/mol. The molecule has 26 heavy (non-hydrogen) atoms. The first-order valence-electron chi connectivity index (χ1n) is 9.09. The highest BCUT2D eigenvalue weighted by Crippen LogP contribution is 2.08. The van der Waals surface area contributed by atoms with Gasteiger partial charge >= 0.3 is 11.9 Å². The molecule has 2 aromatic rings. The first-order valence-corrected chi connectivity index (χ1v) is 9.09. The number of unbranched alkanes of at least 4 members (excludes halogenated alkanes) is 5. The van der Waals surface area contributed by atoms with Crippen LogP contribution in [0, 0.1) is 0 Å². The standard InChI is InChI=1S/C20H26N2O4/c23-19(25-21-15-9-5-10-16-21)13-7-3-1-2-4-8-14-20(24)26-22-17-11-6-12-18-22/h5-6,9-12,15-18H,1-4,7-8,13-14H2/q+2. The molecule has 0 radical (unpaired) electrons. The number of rotatable bonds is 11. The third kappa shape index (κ3) is 8.37. The molecule has 0 unspecified atom stereocenters. The zero-order chi connectivity index (χ0) is 18.5. The number of hydrogen-bond acceptors (Lipinski definition) is 4. The Hall–Kier alpha value is -2.76. The van der Waals surface area contributed by atoms with E-state index in [9.17, 15) is 9.59 Å². The van der Waals surface area contributed by atoms with Crippen LogP contribution in [0.15, 0.2) is 61.2 Å². The normalized spacial score (nSPS) is 10.3. The number of aromatic nitrogens is 2. The molecule has 0 aromatic carbocycles. The van der Waals surface area contributed by atoms with Crippen LogP contribution in [0.4, 0.5) is 0 Å². The quantitative estimate of drug-likeness (QED) is 0.455. The van der Waals surface area contributed by atoms with Gasteiger partial charge in [0, 0.05) is 33.7 Å². The third-order valence-electron chi connectivity index (χ3n) is 3.80. The second kappa shape index (κ2) is 11.7. The Bertz CT molecular complexity index is 603. The van der Waals surface area contributed by atoms with Gasteiger partial charge in [-0.3, -0.25) is 0 Å². The molecule has 0 aliphatic rings. The van der Waals surface area contributed by atoms with Gasteiger partial charge in [-0.1, -0.05) is 37.8 Å². The molecule has 2 heterocycles. The summed E-state index contributed by atoms with van der Waals surface area (Å²) in [6, 6.07) is 11.0. The minimum absolute atomic E-state index is 0.220. The average molecular weight is 358 g/mol. The van der Waals surface area contributed by atoms with Crippen molar-refractivity contribution in [2.75, 3.05) is 0 Å². The predicted octanol–water partition coefficient (Wildman–Crippen LogP) is 1.99. The van der Waals surface area contributed by atoms with Crippen molar-refractivity contribution in [3.8, 4) is 0 Å². The summed E-state index contributed by atoms with van der Waals surface area (Å²) in [7, 11) is 0. The summed E-state index contributed by atoms with van der Waals surface area (Å²) in [5, 5.41) is 0. The van der Waals surface area contributed by atoms with Crippen molar-refractivity contribution in [1.29, 1.82) is 0 Å². The molecule has 0 bridgehead atoms. The van der Waals surface area contributed by atoms with E-state index < -0.39 is 0 Å². The largest absolute Gasteiger partial charge is 0.380 e. The summed E-state index contributed by atoms with van der Waals surface area (Å²) in [4.78, 5) is 33.7. The highest BCUT2D eigenvalue weighted by Gasteiger charge is 2.11. The van der Waals surface area contributed by atoms with Gasteiger partial charge in [-0.15, -0.1) is 0 Å². The first-order chi connectivity index (χ1) is 12.7. The van der Waals surface area contributed by atoms with E-state index in [1.54, 1.807) is 24.8 Å². The summed E-state index contributed by atoms with van der Waals surface area (Å²) in [6.45, 7) is 0. The Morgan fingerprint density at radius 2 is 0.885 bits per heavy atom. The summed E-state index contributed by atoms with van der Waals surface area (Å²) in [5.74, 6) is -0.440. The van der Waals surface area contributed by atoms with Gasteiger partial charge in [0.2, 0.25) is 24.8 Å². The number of carbonyl (C=O) groups is 2. The van der Waals surface area contributed by atoms with Crippen molar-refractivity contribution in [2.24, 2.45) is 0 Å². The summed E-state index contributed by atoms with van der Waals surface area (Å²) >= 11 is 0. The zero-order valence-corrected chi connectivity index (χ0v) is 15.0. The molecule has 6 heteroatoms. The van der Waals surface area contributed by atoms with Crippen LogP contribution in [-0.2, 0) is 9.59 Å². The number of hydrogen-bond donors (Lipinski definition) is 0. The van der Waals surface area contributed by atoms with Crippen LogP contribution in [0.2, 0.25) is 0 Å². The highest BCUT2D eigenvalue weighted by atomic mass is 16.7. The van der Waals surface area contributed by atoms with E-state index in [4.69, 9.17) is 9.68 Å². The van der Waals surface area contributed by atoms with Crippen LogP contribution >= 0.6 is 0 Å². The van der Waals surface area contributed by atoms with Crippen molar-refractivity contribution in [2.45, 2.75) is 51.4 Å². The molecule has 0 aliphatic carbocycles. The Labute approximate surface area is 153 Å². The summed E-state index contributed by atoms with van der Waals surface area (Å²) < 4.78 is 2.82. The fourth-order valence-electron chi connectivity index (χ4n) is 2.46. The Morgan fingerprint density at radius 3 is 1.27 bits per heavy atom. The lowest BCUT2D eigenvalue weighted by Gasteiger charge is -2.01. The minimum atomic E-state index is -0.220. The molecule has 0 spiro atoms. The van der Waals surface area contributed by atoms with E-state index in [2.05, 4.69) is 0 Å². The van der Waals surface area contributed by atoms with E-state index in [0.717, 1.165) is 38.5 Å². The van der Waals surface area contributed by atoms with E-state index in [-0.39, 0.29) is 11.9 Å². The van der Waals surface area contributed by atoms with Crippen molar-refractivity contribution in [3.05, 3.63) is 61.2 Å². The van der Waals surface area contributed by atoms with Gasteiger partial charge in [0.1, 0.15) is 0 Å². The molecular formula is C20H26N2O4+2. The maximum absolute atomic E-state index is 11.7. The van der Waals surface area contributed by atoms with E-state index in [1.807, 2.05) is 36.4 Å². The van der Waals surface area contributed by atoms with Crippen LogP contribution in [0.25, 0.3) is 0 Å². The fourth-order valence-corrected chi connectivity index (χ4v) is 2.46. The number of pyridine rings is 2. The second-order valence-electron chi connectivity index (χ2n) is 6.02. The molecule has 0 amide bonds.